The molecule has 36 heavy (non-hydrogen) atoms. The van der Waals surface area contributed by atoms with Crippen molar-refractivity contribution < 1.29 is 29.3 Å². The Morgan fingerprint density at radius 3 is 2.28 bits per heavy atom. The average Bonchev–Trinajstić information content (AvgIpc) is 3.12. The van der Waals surface area contributed by atoms with Crippen LogP contribution in [-0.4, -0.2) is 71.1 Å². The number of aliphatic hydroxyl groups excluding tert-OH is 1. The van der Waals surface area contributed by atoms with Gasteiger partial charge in [-0.3, -0.25) is 9.59 Å². The van der Waals surface area contributed by atoms with Crippen LogP contribution in [0.2, 0.25) is 5.02 Å². The number of likely N-dealkylation sites (N-methyl/N-ethyl adjacent to an activating group) is 1. The summed E-state index contributed by atoms with van der Waals surface area (Å²) in [5, 5.41) is 21.8. The summed E-state index contributed by atoms with van der Waals surface area (Å²) in [5.74, 6) is -1.19. The van der Waals surface area contributed by atoms with E-state index in [1.165, 1.54) is 17.0 Å². The highest BCUT2D eigenvalue weighted by Gasteiger charge is 2.46. The summed E-state index contributed by atoms with van der Waals surface area (Å²) >= 11 is 6.32. The average molecular weight is 517 g/mol. The van der Waals surface area contributed by atoms with Crippen LogP contribution in [0.1, 0.15) is 44.9 Å². The molecule has 0 radical (unpaired) electrons. The number of ketones is 1. The lowest BCUT2D eigenvalue weighted by Crippen LogP contribution is -2.38. The number of carbonyl (C=O) groups excluding carboxylic acids is 2. The van der Waals surface area contributed by atoms with Crippen molar-refractivity contribution in [2.24, 2.45) is 0 Å². The molecule has 1 saturated heterocycles. The van der Waals surface area contributed by atoms with E-state index in [0.29, 0.717) is 36.6 Å². The molecule has 1 aliphatic rings. The summed E-state index contributed by atoms with van der Waals surface area (Å²) in [5.41, 5.74) is 0.778. The highest BCUT2D eigenvalue weighted by atomic mass is 35.5. The van der Waals surface area contributed by atoms with Gasteiger partial charge in [0, 0.05) is 18.7 Å². The van der Waals surface area contributed by atoms with E-state index in [1.807, 2.05) is 20.8 Å². The third kappa shape index (κ3) is 5.60. The molecule has 1 unspecified atom stereocenters. The van der Waals surface area contributed by atoms with Gasteiger partial charge in [0.1, 0.15) is 11.5 Å². The van der Waals surface area contributed by atoms with Crippen molar-refractivity contribution in [1.82, 2.24) is 9.80 Å². The molecule has 0 bridgehead atoms. The maximum atomic E-state index is 13.3. The molecule has 0 saturated carbocycles. The van der Waals surface area contributed by atoms with E-state index in [9.17, 15) is 19.8 Å². The number of ether oxygens (including phenoxy) is 2. The number of hydrogen-bond acceptors (Lipinski definition) is 7. The van der Waals surface area contributed by atoms with E-state index in [-0.39, 0.29) is 34.4 Å². The fourth-order valence-corrected chi connectivity index (χ4v) is 4.53. The standard InChI is InChI=1S/C27H33ClN2O6/c1-5-29(6-2)13-14-30-24(17-9-11-20(31)22(16-17)36-8-4)23(26(33)27(30)34)25(32)18-10-12-21(35-7-3)19(28)15-18/h9-12,15-16,24,31-32H,5-8,13-14H2,1-4H3. The first kappa shape index (κ1) is 27.4. The number of phenolic OH excluding ortho intramolecular Hbond substituents is 1. The number of phenols is 1. The Labute approximate surface area is 216 Å². The molecule has 1 aliphatic heterocycles. The van der Waals surface area contributed by atoms with Crippen LogP contribution in [0.4, 0.5) is 0 Å². The second-order valence-electron chi connectivity index (χ2n) is 8.26. The van der Waals surface area contributed by atoms with Crippen molar-refractivity contribution in [3.05, 3.63) is 58.1 Å². The van der Waals surface area contributed by atoms with Gasteiger partial charge in [0.05, 0.1) is 29.9 Å². The molecule has 2 aromatic carbocycles. The minimum Gasteiger partial charge on any atom is -0.507 e. The van der Waals surface area contributed by atoms with E-state index in [0.717, 1.165) is 13.1 Å². The molecular formula is C27H33ClN2O6. The monoisotopic (exact) mass is 516 g/mol. The zero-order valence-corrected chi connectivity index (χ0v) is 21.8. The molecule has 1 amide bonds. The second kappa shape index (κ2) is 12.1. The van der Waals surface area contributed by atoms with Crippen LogP contribution >= 0.6 is 11.6 Å². The third-order valence-corrected chi connectivity index (χ3v) is 6.49. The molecule has 3 rings (SSSR count). The van der Waals surface area contributed by atoms with Crippen LogP contribution in [-0.2, 0) is 9.59 Å². The summed E-state index contributed by atoms with van der Waals surface area (Å²) in [6.07, 6.45) is 0. The van der Waals surface area contributed by atoms with Gasteiger partial charge in [0.2, 0.25) is 0 Å². The minimum atomic E-state index is -0.870. The Hall–Kier alpha value is -3.23. The summed E-state index contributed by atoms with van der Waals surface area (Å²) in [4.78, 5) is 30.1. The molecule has 0 spiro atoms. The number of Topliss-reactive ketones (excluding diaryl/α,β-unsaturated/α-hetero) is 1. The Balaban J connectivity index is 2.14. The molecule has 1 heterocycles. The molecular weight excluding hydrogens is 484 g/mol. The molecule has 1 atom stereocenters. The Bertz CT molecular complexity index is 1150. The van der Waals surface area contributed by atoms with Gasteiger partial charge in [0.15, 0.2) is 11.5 Å². The van der Waals surface area contributed by atoms with Crippen LogP contribution in [0.5, 0.6) is 17.2 Å². The predicted octanol–water partition coefficient (Wildman–Crippen LogP) is 4.61. The number of rotatable bonds is 11. The van der Waals surface area contributed by atoms with Gasteiger partial charge in [-0.15, -0.1) is 0 Å². The van der Waals surface area contributed by atoms with Gasteiger partial charge in [-0.2, -0.15) is 0 Å². The maximum Gasteiger partial charge on any atom is 0.295 e. The highest BCUT2D eigenvalue weighted by molar-refractivity contribution is 6.46. The first-order chi connectivity index (χ1) is 17.3. The van der Waals surface area contributed by atoms with Crippen LogP contribution in [0.25, 0.3) is 5.76 Å². The number of aliphatic hydroxyl groups is 1. The highest BCUT2D eigenvalue weighted by Crippen LogP contribution is 2.42. The first-order valence-electron chi connectivity index (χ1n) is 12.2. The number of benzene rings is 2. The van der Waals surface area contributed by atoms with Crippen molar-refractivity contribution in [3.8, 4) is 17.2 Å². The van der Waals surface area contributed by atoms with Crippen molar-refractivity contribution in [2.75, 3.05) is 39.4 Å². The third-order valence-electron chi connectivity index (χ3n) is 6.20. The molecule has 194 valence electrons. The van der Waals surface area contributed by atoms with Crippen LogP contribution in [0.15, 0.2) is 42.0 Å². The molecule has 9 heteroatoms. The van der Waals surface area contributed by atoms with Gasteiger partial charge < -0.3 is 29.5 Å². The smallest absolute Gasteiger partial charge is 0.295 e. The summed E-state index contributed by atoms with van der Waals surface area (Å²) < 4.78 is 11.0. The largest absolute Gasteiger partial charge is 0.507 e. The lowest BCUT2D eigenvalue weighted by atomic mass is 9.95. The Morgan fingerprint density at radius 2 is 1.67 bits per heavy atom. The van der Waals surface area contributed by atoms with E-state index < -0.39 is 17.7 Å². The number of hydrogen-bond donors (Lipinski definition) is 2. The van der Waals surface area contributed by atoms with E-state index in [4.69, 9.17) is 21.1 Å². The number of amides is 1. The van der Waals surface area contributed by atoms with Gasteiger partial charge in [0.25, 0.3) is 11.7 Å². The van der Waals surface area contributed by atoms with Gasteiger partial charge in [-0.05, 0) is 62.8 Å². The van der Waals surface area contributed by atoms with E-state index >= 15 is 0 Å². The number of carbonyl (C=O) groups is 2. The second-order valence-corrected chi connectivity index (χ2v) is 8.66. The van der Waals surface area contributed by atoms with Crippen molar-refractivity contribution in [2.45, 2.75) is 33.7 Å². The van der Waals surface area contributed by atoms with Crippen molar-refractivity contribution in [1.29, 1.82) is 0 Å². The lowest BCUT2D eigenvalue weighted by molar-refractivity contribution is -0.140. The molecule has 0 aliphatic carbocycles. The molecule has 8 nitrogen and oxygen atoms in total. The van der Waals surface area contributed by atoms with Crippen LogP contribution < -0.4 is 9.47 Å². The minimum absolute atomic E-state index is 0.0482. The molecule has 1 fully saturated rings. The van der Waals surface area contributed by atoms with Gasteiger partial charge in [-0.25, -0.2) is 0 Å². The molecule has 2 aromatic rings. The Morgan fingerprint density at radius 1 is 1.00 bits per heavy atom. The summed E-state index contributed by atoms with van der Waals surface area (Å²) in [6, 6.07) is 8.51. The zero-order valence-electron chi connectivity index (χ0n) is 21.1. The lowest BCUT2D eigenvalue weighted by Gasteiger charge is -2.28. The summed E-state index contributed by atoms with van der Waals surface area (Å²) in [7, 11) is 0. The van der Waals surface area contributed by atoms with Crippen LogP contribution in [0, 0.1) is 0 Å². The first-order valence-corrected chi connectivity index (χ1v) is 12.5. The number of nitrogens with zero attached hydrogens (tertiary/aromatic N) is 2. The maximum absolute atomic E-state index is 13.3. The number of halogens is 1. The number of aromatic hydroxyl groups is 1. The van der Waals surface area contributed by atoms with E-state index in [2.05, 4.69) is 4.90 Å². The number of likely N-dealkylation sites (tertiary alicyclic amines) is 1. The Kier molecular flexibility index (Phi) is 9.23. The van der Waals surface area contributed by atoms with Gasteiger partial charge >= 0.3 is 0 Å². The fourth-order valence-electron chi connectivity index (χ4n) is 4.29. The zero-order chi connectivity index (χ0) is 26.4. The molecule has 2 N–H and O–H groups in total. The topological polar surface area (TPSA) is 99.5 Å². The fraction of sp³-hybridized carbons (Fsp3) is 0.407. The predicted molar refractivity (Wildman–Crippen MR) is 139 cm³/mol. The van der Waals surface area contributed by atoms with E-state index in [1.54, 1.807) is 31.2 Å². The summed E-state index contributed by atoms with van der Waals surface area (Å²) in [6.45, 7) is 10.8. The van der Waals surface area contributed by atoms with Crippen LogP contribution in [0.3, 0.4) is 0 Å². The van der Waals surface area contributed by atoms with Gasteiger partial charge in [-0.1, -0.05) is 31.5 Å². The quantitative estimate of drug-likeness (QED) is 0.255. The normalized spacial score (nSPS) is 17.2. The molecule has 0 aromatic heterocycles. The van der Waals surface area contributed by atoms with Crippen molar-refractivity contribution in [3.63, 3.8) is 0 Å². The van der Waals surface area contributed by atoms with Crippen molar-refractivity contribution >= 4 is 29.1 Å². The SMILES string of the molecule is CCOc1cc(C2C(=C(O)c3ccc(OCC)c(Cl)c3)C(=O)C(=O)N2CCN(CC)CC)ccc1O.